The molecule has 12 heteroatoms. The van der Waals surface area contributed by atoms with Gasteiger partial charge in [-0.3, -0.25) is 19.4 Å². The molecule has 1 saturated carbocycles. The number of rotatable bonds is 8. The Kier molecular flexibility index (Phi) is 10.1. The number of nitrogens with one attached hydrogen (secondary N) is 2. The molecule has 3 N–H and O–H groups in total. The zero-order valence-electron chi connectivity index (χ0n) is 24.4. The first-order valence-corrected chi connectivity index (χ1v) is 15.1. The molecule has 5 rings (SSSR count). The number of ether oxygens (including phenoxy) is 1. The number of piperazine rings is 1. The third kappa shape index (κ3) is 7.81. The molecule has 1 aromatic heterocycles. The Morgan fingerprint density at radius 2 is 1.67 bits per heavy atom. The van der Waals surface area contributed by atoms with Gasteiger partial charge in [0.1, 0.15) is 0 Å². The van der Waals surface area contributed by atoms with Crippen LogP contribution in [0.25, 0.3) is 0 Å². The fourth-order valence-corrected chi connectivity index (χ4v) is 6.00. The molecular weight excluding hydrogens is 552 g/mol. The van der Waals surface area contributed by atoms with Gasteiger partial charge >= 0.3 is 12.0 Å². The number of amides is 4. The maximum atomic E-state index is 13.4. The van der Waals surface area contributed by atoms with Crippen molar-refractivity contribution in [1.82, 2.24) is 20.1 Å². The van der Waals surface area contributed by atoms with Crippen LogP contribution in [0.3, 0.4) is 0 Å². The van der Waals surface area contributed by atoms with Crippen LogP contribution >= 0.6 is 0 Å². The van der Waals surface area contributed by atoms with Gasteiger partial charge < -0.3 is 35.2 Å². The Labute approximate surface area is 251 Å². The van der Waals surface area contributed by atoms with Crippen LogP contribution in [-0.4, -0.2) is 96.2 Å². The molecule has 2 saturated heterocycles. The van der Waals surface area contributed by atoms with Crippen LogP contribution in [0, 0.1) is 5.92 Å². The van der Waals surface area contributed by atoms with Crippen molar-refractivity contribution in [3.63, 3.8) is 0 Å². The minimum Gasteiger partial charge on any atom is -0.481 e. The second-order valence-corrected chi connectivity index (χ2v) is 11.3. The van der Waals surface area contributed by atoms with Crippen molar-refractivity contribution in [3.05, 3.63) is 53.9 Å². The topological polar surface area (TPSA) is 144 Å². The molecule has 3 aliphatic rings. The lowest BCUT2D eigenvalue weighted by Gasteiger charge is -2.40. The molecular formula is C31H40N6O6. The first-order chi connectivity index (χ1) is 20.9. The van der Waals surface area contributed by atoms with Gasteiger partial charge in [0.15, 0.2) is 0 Å². The summed E-state index contributed by atoms with van der Waals surface area (Å²) in [4.78, 5) is 61.1. The molecule has 3 fully saturated rings. The Morgan fingerprint density at radius 1 is 0.953 bits per heavy atom. The Morgan fingerprint density at radius 3 is 2.35 bits per heavy atom. The summed E-state index contributed by atoms with van der Waals surface area (Å²) in [6.45, 7) is 4.52. The van der Waals surface area contributed by atoms with E-state index in [1.54, 1.807) is 30.5 Å². The molecule has 0 radical (unpaired) electrons. The number of benzene rings is 1. The number of carboxylic acids is 1. The second kappa shape index (κ2) is 14.3. The molecule has 12 nitrogen and oxygen atoms in total. The summed E-state index contributed by atoms with van der Waals surface area (Å²) < 4.78 is 5.38. The number of anilines is 2. The molecule has 230 valence electrons. The number of pyridine rings is 1. The van der Waals surface area contributed by atoms with Crippen LogP contribution < -0.4 is 15.5 Å². The number of aliphatic carboxylic acids is 1. The van der Waals surface area contributed by atoms with Gasteiger partial charge in [0.25, 0.3) is 5.91 Å². The number of nitrogens with zero attached hydrogens (tertiary/aromatic N) is 4. The summed E-state index contributed by atoms with van der Waals surface area (Å²) in [5, 5.41) is 15.4. The lowest BCUT2D eigenvalue weighted by atomic mass is 9.88. The molecule has 2 aromatic rings. The number of hydrogen-bond acceptors (Lipinski definition) is 7. The Bertz CT molecular complexity index is 1290. The third-order valence-corrected chi connectivity index (χ3v) is 8.44. The SMILES string of the molecule is O=C(O)CC(NC(=O)c1ccc(N2CCN(C(=O)N3CCOCC3)CC2)c(NC(=O)C2CCCCC2)c1)c1cccnc1. The third-order valence-electron chi connectivity index (χ3n) is 8.44. The fourth-order valence-electron chi connectivity index (χ4n) is 6.00. The molecule has 3 heterocycles. The smallest absolute Gasteiger partial charge is 0.320 e. The minimum absolute atomic E-state index is 0.0188. The first kappa shape index (κ1) is 30.3. The summed E-state index contributed by atoms with van der Waals surface area (Å²) in [5.41, 5.74) is 2.22. The van der Waals surface area contributed by atoms with Gasteiger partial charge in [0, 0.05) is 63.1 Å². The lowest BCUT2D eigenvalue weighted by molar-refractivity contribution is -0.137. The van der Waals surface area contributed by atoms with Gasteiger partial charge in [0.05, 0.1) is 37.1 Å². The first-order valence-electron chi connectivity index (χ1n) is 15.1. The second-order valence-electron chi connectivity index (χ2n) is 11.3. The van der Waals surface area contributed by atoms with Crippen LogP contribution in [0.15, 0.2) is 42.7 Å². The van der Waals surface area contributed by atoms with E-state index >= 15 is 0 Å². The average molecular weight is 593 g/mol. The number of carbonyl (C=O) groups is 4. The molecule has 0 bridgehead atoms. The van der Waals surface area contributed by atoms with Crippen molar-refractivity contribution in [3.8, 4) is 0 Å². The molecule has 1 aliphatic carbocycles. The number of carbonyl (C=O) groups excluding carboxylic acids is 3. The van der Waals surface area contributed by atoms with E-state index in [1.165, 1.54) is 6.20 Å². The van der Waals surface area contributed by atoms with Crippen LogP contribution in [-0.2, 0) is 14.3 Å². The van der Waals surface area contributed by atoms with Crippen LogP contribution in [0.4, 0.5) is 16.2 Å². The van der Waals surface area contributed by atoms with E-state index in [4.69, 9.17) is 4.74 Å². The monoisotopic (exact) mass is 592 g/mol. The quantitative estimate of drug-likeness (QED) is 0.424. The van der Waals surface area contributed by atoms with E-state index in [2.05, 4.69) is 20.5 Å². The van der Waals surface area contributed by atoms with E-state index < -0.39 is 17.9 Å². The highest BCUT2D eigenvalue weighted by atomic mass is 16.5. The van der Waals surface area contributed by atoms with Gasteiger partial charge in [-0.1, -0.05) is 25.3 Å². The number of carboxylic acid groups (broad SMARTS) is 1. The van der Waals surface area contributed by atoms with Crippen molar-refractivity contribution in [1.29, 1.82) is 0 Å². The zero-order chi connectivity index (χ0) is 30.2. The number of urea groups is 1. The van der Waals surface area contributed by atoms with Crippen LogP contribution in [0.1, 0.15) is 60.5 Å². The maximum Gasteiger partial charge on any atom is 0.320 e. The van der Waals surface area contributed by atoms with Crippen molar-refractivity contribution in [2.45, 2.75) is 44.6 Å². The Balaban J connectivity index is 1.33. The molecule has 2 aliphatic heterocycles. The van der Waals surface area contributed by atoms with E-state index in [9.17, 15) is 24.3 Å². The van der Waals surface area contributed by atoms with Gasteiger partial charge in [-0.05, 0) is 42.7 Å². The molecule has 0 spiro atoms. The fraction of sp³-hybridized carbons (Fsp3) is 0.516. The maximum absolute atomic E-state index is 13.4. The van der Waals surface area contributed by atoms with Gasteiger partial charge in [-0.2, -0.15) is 0 Å². The number of hydrogen-bond donors (Lipinski definition) is 3. The van der Waals surface area contributed by atoms with Crippen molar-refractivity contribution >= 4 is 35.2 Å². The molecule has 1 aromatic carbocycles. The molecule has 4 amide bonds. The molecule has 1 unspecified atom stereocenters. The number of morpholine rings is 1. The lowest BCUT2D eigenvalue weighted by Crippen LogP contribution is -2.55. The van der Waals surface area contributed by atoms with Crippen molar-refractivity contribution < 1.29 is 29.0 Å². The normalized spacial score (nSPS) is 18.6. The molecule has 1 atom stereocenters. The summed E-state index contributed by atoms with van der Waals surface area (Å²) in [7, 11) is 0. The highest BCUT2D eigenvalue weighted by molar-refractivity contribution is 6.01. The highest BCUT2D eigenvalue weighted by Gasteiger charge is 2.29. The standard InChI is InChI=1S/C31H40N6O6/c38-28(39)20-25(24-7-4-10-32-21-24)33-30(41)23-8-9-27(26(19-23)34-29(40)22-5-2-1-3-6-22)35-11-13-36(14-12-35)31(42)37-15-17-43-18-16-37/h4,7-10,19,21-22,25H,1-3,5-6,11-18,20H2,(H,33,41)(H,34,40)(H,38,39). The van der Waals surface area contributed by atoms with Gasteiger partial charge in [-0.25, -0.2) is 4.79 Å². The highest BCUT2D eigenvalue weighted by Crippen LogP contribution is 2.31. The van der Waals surface area contributed by atoms with Gasteiger partial charge in [0.2, 0.25) is 5.91 Å². The van der Waals surface area contributed by atoms with E-state index in [0.717, 1.165) is 37.8 Å². The van der Waals surface area contributed by atoms with E-state index in [1.807, 2.05) is 15.9 Å². The predicted octanol–water partition coefficient (Wildman–Crippen LogP) is 3.12. The minimum atomic E-state index is -1.05. The summed E-state index contributed by atoms with van der Waals surface area (Å²) >= 11 is 0. The largest absolute Gasteiger partial charge is 0.481 e. The van der Waals surface area contributed by atoms with E-state index in [0.29, 0.717) is 69.3 Å². The van der Waals surface area contributed by atoms with Crippen LogP contribution in [0.5, 0.6) is 0 Å². The average Bonchev–Trinajstić information content (AvgIpc) is 3.05. The van der Waals surface area contributed by atoms with Gasteiger partial charge in [-0.15, -0.1) is 0 Å². The van der Waals surface area contributed by atoms with Crippen molar-refractivity contribution in [2.75, 3.05) is 62.7 Å². The summed E-state index contributed by atoms with van der Waals surface area (Å²) in [6.07, 6.45) is 7.67. The predicted molar refractivity (Wildman–Crippen MR) is 160 cm³/mol. The summed E-state index contributed by atoms with van der Waals surface area (Å²) in [6, 6.07) is 7.84. The Hall–Kier alpha value is -4.19. The molecule has 43 heavy (non-hydrogen) atoms. The number of aromatic nitrogens is 1. The zero-order valence-corrected chi connectivity index (χ0v) is 24.4. The summed E-state index contributed by atoms with van der Waals surface area (Å²) in [5.74, 6) is -1.63. The van der Waals surface area contributed by atoms with Crippen molar-refractivity contribution in [2.24, 2.45) is 5.92 Å². The van der Waals surface area contributed by atoms with E-state index in [-0.39, 0.29) is 24.3 Å². The van der Waals surface area contributed by atoms with Crippen LogP contribution in [0.2, 0.25) is 0 Å².